The molecule has 0 atom stereocenters. The Bertz CT molecular complexity index is 637. The first-order valence-electron chi connectivity index (χ1n) is 4.92. The molecule has 0 saturated carbocycles. The highest BCUT2D eigenvalue weighted by atomic mass is 35.5. The van der Waals surface area contributed by atoms with E-state index in [-0.39, 0.29) is 11.3 Å². The third-order valence-corrected chi connectivity index (χ3v) is 2.71. The second-order valence-electron chi connectivity index (χ2n) is 3.43. The summed E-state index contributed by atoms with van der Waals surface area (Å²) in [6.45, 7) is 0. The number of nitrogens with zero attached hydrogens (tertiary/aromatic N) is 1. The molecule has 0 spiro atoms. The zero-order chi connectivity index (χ0) is 13.1. The normalized spacial score (nSPS) is 9.89. The minimum absolute atomic E-state index is 0.0982. The molecule has 0 fully saturated rings. The Kier molecular flexibility index (Phi) is 3.71. The van der Waals surface area contributed by atoms with Crippen LogP contribution in [0.3, 0.4) is 0 Å². The van der Waals surface area contributed by atoms with Gasteiger partial charge >= 0.3 is 0 Å². The molecule has 0 amide bonds. The van der Waals surface area contributed by atoms with Gasteiger partial charge in [-0.1, -0.05) is 23.2 Å². The molecule has 2 aromatic carbocycles. The van der Waals surface area contributed by atoms with E-state index in [0.717, 1.165) is 6.07 Å². The van der Waals surface area contributed by atoms with Crippen LogP contribution in [0.2, 0.25) is 10.0 Å². The topological polar surface area (TPSA) is 33.0 Å². The van der Waals surface area contributed by atoms with E-state index in [0.29, 0.717) is 15.8 Å². The van der Waals surface area contributed by atoms with Crippen molar-refractivity contribution in [2.45, 2.75) is 0 Å². The molecule has 0 N–H and O–H groups in total. The third kappa shape index (κ3) is 2.73. The van der Waals surface area contributed by atoms with Crippen LogP contribution in [0.5, 0.6) is 11.5 Å². The Morgan fingerprint density at radius 3 is 2.44 bits per heavy atom. The highest BCUT2D eigenvalue weighted by Gasteiger charge is 2.09. The second-order valence-corrected chi connectivity index (χ2v) is 4.27. The van der Waals surface area contributed by atoms with Crippen molar-refractivity contribution in [2.24, 2.45) is 0 Å². The Hall–Kier alpha value is -1.76. The number of benzene rings is 2. The molecule has 0 bridgehead atoms. The molecule has 0 aliphatic carbocycles. The molecular weight excluding hydrogens is 276 g/mol. The highest BCUT2D eigenvalue weighted by molar-refractivity contribution is 6.35. The summed E-state index contributed by atoms with van der Waals surface area (Å²) >= 11 is 11.7. The zero-order valence-corrected chi connectivity index (χ0v) is 10.5. The van der Waals surface area contributed by atoms with E-state index in [1.165, 1.54) is 18.2 Å². The summed E-state index contributed by atoms with van der Waals surface area (Å²) in [5.41, 5.74) is 0.0982. The third-order valence-electron chi connectivity index (χ3n) is 2.18. The summed E-state index contributed by atoms with van der Waals surface area (Å²) in [5.74, 6) is 0.0911. The lowest BCUT2D eigenvalue weighted by molar-refractivity contribution is 0.479. The van der Waals surface area contributed by atoms with Gasteiger partial charge in [0.2, 0.25) is 0 Å². The van der Waals surface area contributed by atoms with Crippen LogP contribution in [0.1, 0.15) is 5.56 Å². The van der Waals surface area contributed by atoms with Crippen molar-refractivity contribution in [1.29, 1.82) is 5.26 Å². The summed E-state index contributed by atoms with van der Waals surface area (Å²) in [6, 6.07) is 10.2. The molecule has 0 radical (unpaired) electrons. The summed E-state index contributed by atoms with van der Waals surface area (Å²) in [6.07, 6.45) is 0. The monoisotopic (exact) mass is 281 g/mol. The van der Waals surface area contributed by atoms with Gasteiger partial charge in [0.05, 0.1) is 10.6 Å². The van der Waals surface area contributed by atoms with Crippen molar-refractivity contribution in [1.82, 2.24) is 0 Å². The van der Waals surface area contributed by atoms with E-state index in [4.69, 9.17) is 33.2 Å². The van der Waals surface area contributed by atoms with E-state index in [1.807, 2.05) is 6.07 Å². The van der Waals surface area contributed by atoms with Crippen molar-refractivity contribution in [3.05, 3.63) is 57.8 Å². The number of ether oxygens (including phenoxy) is 1. The minimum Gasteiger partial charge on any atom is -0.454 e. The summed E-state index contributed by atoms with van der Waals surface area (Å²) in [5, 5.41) is 9.68. The van der Waals surface area contributed by atoms with Crippen molar-refractivity contribution in [3.63, 3.8) is 0 Å². The first kappa shape index (κ1) is 12.7. The highest BCUT2D eigenvalue weighted by Crippen LogP contribution is 2.33. The van der Waals surface area contributed by atoms with Crippen LogP contribution in [0, 0.1) is 17.1 Å². The van der Waals surface area contributed by atoms with Gasteiger partial charge < -0.3 is 4.74 Å². The van der Waals surface area contributed by atoms with Crippen LogP contribution in [0.15, 0.2) is 36.4 Å². The zero-order valence-electron chi connectivity index (χ0n) is 8.95. The van der Waals surface area contributed by atoms with E-state index >= 15 is 0 Å². The average Bonchev–Trinajstić information content (AvgIpc) is 2.34. The van der Waals surface area contributed by atoms with E-state index in [2.05, 4.69) is 0 Å². The van der Waals surface area contributed by atoms with Crippen molar-refractivity contribution >= 4 is 23.2 Å². The van der Waals surface area contributed by atoms with Gasteiger partial charge in [0.25, 0.3) is 0 Å². The molecule has 0 aromatic heterocycles. The number of rotatable bonds is 2. The maximum Gasteiger partial charge on any atom is 0.146 e. The Labute approximate surface area is 113 Å². The lowest BCUT2D eigenvalue weighted by atomic mass is 10.2. The van der Waals surface area contributed by atoms with Crippen LogP contribution in [0.4, 0.5) is 4.39 Å². The Morgan fingerprint density at radius 2 is 1.78 bits per heavy atom. The predicted octanol–water partition coefficient (Wildman–Crippen LogP) is 4.80. The summed E-state index contributed by atoms with van der Waals surface area (Å²) in [4.78, 5) is 0. The molecular formula is C13H6Cl2FNO. The first-order chi connectivity index (χ1) is 8.60. The van der Waals surface area contributed by atoms with E-state index < -0.39 is 5.82 Å². The van der Waals surface area contributed by atoms with Crippen LogP contribution in [-0.2, 0) is 0 Å². The van der Waals surface area contributed by atoms with E-state index in [1.54, 1.807) is 12.1 Å². The van der Waals surface area contributed by atoms with Crippen molar-refractivity contribution in [2.75, 3.05) is 0 Å². The average molecular weight is 282 g/mol. The van der Waals surface area contributed by atoms with Crippen LogP contribution in [-0.4, -0.2) is 0 Å². The number of nitriles is 1. The summed E-state index contributed by atoms with van der Waals surface area (Å²) < 4.78 is 18.4. The van der Waals surface area contributed by atoms with Crippen molar-refractivity contribution in [3.8, 4) is 17.6 Å². The van der Waals surface area contributed by atoms with Crippen LogP contribution < -0.4 is 4.74 Å². The molecule has 2 nitrogen and oxygen atoms in total. The van der Waals surface area contributed by atoms with Gasteiger partial charge in [-0.25, -0.2) is 4.39 Å². The molecule has 0 heterocycles. The number of hydrogen-bond donors (Lipinski definition) is 0. The van der Waals surface area contributed by atoms with Gasteiger partial charge in [-0.15, -0.1) is 0 Å². The summed E-state index contributed by atoms with van der Waals surface area (Å²) in [7, 11) is 0. The quantitative estimate of drug-likeness (QED) is 0.792. The maximum atomic E-state index is 13.0. The van der Waals surface area contributed by atoms with Gasteiger partial charge in [-0.2, -0.15) is 5.26 Å². The lowest BCUT2D eigenvalue weighted by Crippen LogP contribution is -1.90. The van der Waals surface area contributed by atoms with Crippen molar-refractivity contribution < 1.29 is 9.13 Å². The second kappa shape index (κ2) is 5.26. The Morgan fingerprint density at radius 1 is 1.06 bits per heavy atom. The minimum atomic E-state index is -0.499. The fourth-order valence-electron chi connectivity index (χ4n) is 1.36. The first-order valence-corrected chi connectivity index (χ1v) is 5.68. The molecule has 90 valence electrons. The molecule has 0 aliphatic rings. The van der Waals surface area contributed by atoms with Crippen LogP contribution in [0.25, 0.3) is 0 Å². The molecule has 5 heteroatoms. The molecule has 0 saturated heterocycles. The molecule has 0 unspecified atom stereocenters. The molecule has 2 aromatic rings. The van der Waals surface area contributed by atoms with Gasteiger partial charge in [-0.3, -0.25) is 0 Å². The largest absolute Gasteiger partial charge is 0.454 e. The molecule has 18 heavy (non-hydrogen) atoms. The van der Waals surface area contributed by atoms with Gasteiger partial charge in [0.1, 0.15) is 23.4 Å². The fraction of sp³-hybridized carbons (Fsp3) is 0. The fourth-order valence-corrected chi connectivity index (χ4v) is 1.80. The lowest BCUT2D eigenvalue weighted by Gasteiger charge is -2.09. The predicted molar refractivity (Wildman–Crippen MR) is 67.7 cm³/mol. The molecule has 2 rings (SSSR count). The number of halogens is 3. The van der Waals surface area contributed by atoms with E-state index in [9.17, 15) is 4.39 Å². The van der Waals surface area contributed by atoms with Crippen LogP contribution >= 0.6 is 23.2 Å². The van der Waals surface area contributed by atoms with Gasteiger partial charge in [-0.05, 0) is 36.4 Å². The molecule has 0 aliphatic heterocycles. The smallest absolute Gasteiger partial charge is 0.146 e. The number of hydrogen-bond acceptors (Lipinski definition) is 2. The SMILES string of the molecule is N#Cc1cc(F)ccc1Oc1ccc(Cl)cc1Cl. The van der Waals surface area contributed by atoms with Gasteiger partial charge in [0.15, 0.2) is 0 Å². The Balaban J connectivity index is 2.37. The standard InChI is InChI=1S/C13H6Cl2FNO/c14-9-1-3-13(11(15)6-9)18-12-4-2-10(16)5-8(12)7-17/h1-6H. The maximum absolute atomic E-state index is 13.0. The van der Waals surface area contributed by atoms with Gasteiger partial charge in [0, 0.05) is 5.02 Å².